The van der Waals surface area contributed by atoms with Crippen molar-refractivity contribution in [1.29, 1.82) is 0 Å². The maximum Gasteiger partial charge on any atom is 0.325 e. The van der Waals surface area contributed by atoms with Gasteiger partial charge in [-0.25, -0.2) is 4.79 Å². The number of rotatable bonds is 3. The minimum absolute atomic E-state index is 0.0998. The third-order valence-corrected chi connectivity index (χ3v) is 5.16. The molecule has 124 valence electrons. The molecule has 2 saturated carbocycles. The summed E-state index contributed by atoms with van der Waals surface area (Å²) in [5, 5.41) is 6.87. The molecule has 23 heavy (non-hydrogen) atoms. The second kappa shape index (κ2) is 5.62. The molecule has 1 aromatic rings. The summed E-state index contributed by atoms with van der Waals surface area (Å²) in [6.45, 7) is 0.0998. The SMILES string of the molecule is O=C1NC2(CCCCCCC2)C(=O)N1Cc1noc(C2CC2)n1. The highest BCUT2D eigenvalue weighted by Gasteiger charge is 2.50. The zero-order chi connectivity index (χ0) is 15.9. The normalized spacial score (nSPS) is 24.6. The average molecular weight is 318 g/mol. The minimum Gasteiger partial charge on any atom is -0.339 e. The number of carbonyl (C=O) groups is 2. The number of aromatic nitrogens is 2. The lowest BCUT2D eigenvalue weighted by atomic mass is 9.84. The van der Waals surface area contributed by atoms with Crippen LogP contribution in [0.2, 0.25) is 0 Å². The lowest BCUT2D eigenvalue weighted by molar-refractivity contribution is -0.132. The Bertz CT molecular complexity index is 615. The van der Waals surface area contributed by atoms with Crippen molar-refractivity contribution in [1.82, 2.24) is 20.4 Å². The van der Waals surface area contributed by atoms with E-state index in [0.29, 0.717) is 17.6 Å². The van der Waals surface area contributed by atoms with E-state index in [4.69, 9.17) is 4.52 Å². The van der Waals surface area contributed by atoms with Crippen molar-refractivity contribution in [2.24, 2.45) is 0 Å². The topological polar surface area (TPSA) is 88.3 Å². The van der Waals surface area contributed by atoms with E-state index in [1.807, 2.05) is 0 Å². The molecule has 0 atom stereocenters. The summed E-state index contributed by atoms with van der Waals surface area (Å²) >= 11 is 0. The number of carbonyl (C=O) groups excluding carboxylic acids is 2. The Kier molecular flexibility index (Phi) is 3.58. The van der Waals surface area contributed by atoms with Crippen molar-refractivity contribution >= 4 is 11.9 Å². The van der Waals surface area contributed by atoms with E-state index < -0.39 is 5.54 Å². The molecule has 0 aromatic carbocycles. The van der Waals surface area contributed by atoms with E-state index in [1.165, 1.54) is 11.3 Å². The molecular weight excluding hydrogens is 296 g/mol. The number of urea groups is 1. The lowest BCUT2D eigenvalue weighted by Crippen LogP contribution is -2.47. The zero-order valence-corrected chi connectivity index (χ0v) is 13.2. The van der Waals surface area contributed by atoms with E-state index in [1.54, 1.807) is 0 Å². The first kappa shape index (κ1) is 14.7. The van der Waals surface area contributed by atoms with Gasteiger partial charge in [0.25, 0.3) is 5.91 Å². The summed E-state index contributed by atoms with van der Waals surface area (Å²) < 4.78 is 5.21. The van der Waals surface area contributed by atoms with E-state index >= 15 is 0 Å². The van der Waals surface area contributed by atoms with Gasteiger partial charge in [0.15, 0.2) is 5.82 Å². The molecule has 3 fully saturated rings. The predicted molar refractivity (Wildman–Crippen MR) is 80.4 cm³/mol. The van der Waals surface area contributed by atoms with Crippen molar-refractivity contribution in [3.05, 3.63) is 11.7 Å². The molecule has 4 rings (SSSR count). The van der Waals surface area contributed by atoms with Crippen LogP contribution in [0.15, 0.2) is 4.52 Å². The second-order valence-corrected chi connectivity index (χ2v) is 6.99. The molecule has 0 unspecified atom stereocenters. The molecule has 1 spiro atoms. The van der Waals surface area contributed by atoms with Gasteiger partial charge < -0.3 is 9.84 Å². The molecule has 0 radical (unpaired) electrons. The Hall–Kier alpha value is -1.92. The highest BCUT2D eigenvalue weighted by Crippen LogP contribution is 2.39. The van der Waals surface area contributed by atoms with Gasteiger partial charge >= 0.3 is 6.03 Å². The van der Waals surface area contributed by atoms with Crippen LogP contribution < -0.4 is 5.32 Å². The summed E-state index contributed by atoms with van der Waals surface area (Å²) in [6, 6.07) is -0.326. The molecule has 1 aliphatic heterocycles. The number of amides is 3. The van der Waals surface area contributed by atoms with Crippen molar-refractivity contribution in [3.8, 4) is 0 Å². The van der Waals surface area contributed by atoms with Crippen LogP contribution in [0.3, 0.4) is 0 Å². The molecule has 1 N–H and O–H groups in total. The van der Waals surface area contributed by atoms with Crippen LogP contribution in [0.4, 0.5) is 4.79 Å². The summed E-state index contributed by atoms with van der Waals surface area (Å²) in [5.41, 5.74) is -0.708. The fraction of sp³-hybridized carbons (Fsp3) is 0.750. The first-order chi connectivity index (χ1) is 11.2. The van der Waals surface area contributed by atoms with E-state index in [0.717, 1.165) is 51.4 Å². The van der Waals surface area contributed by atoms with Crippen LogP contribution in [-0.4, -0.2) is 32.5 Å². The molecular formula is C16H22N4O3. The van der Waals surface area contributed by atoms with Gasteiger partial charge in [-0.05, 0) is 25.7 Å². The molecule has 1 saturated heterocycles. The van der Waals surface area contributed by atoms with Gasteiger partial charge in [-0.3, -0.25) is 9.69 Å². The average Bonchev–Trinajstić information content (AvgIpc) is 3.21. The van der Waals surface area contributed by atoms with Gasteiger partial charge in [0, 0.05) is 5.92 Å². The number of nitrogens with zero attached hydrogens (tertiary/aromatic N) is 3. The molecule has 7 heteroatoms. The van der Waals surface area contributed by atoms with Gasteiger partial charge in [-0.2, -0.15) is 4.98 Å². The summed E-state index contributed by atoms with van der Waals surface area (Å²) in [4.78, 5) is 30.8. The van der Waals surface area contributed by atoms with Gasteiger partial charge in [0.05, 0.1) is 6.54 Å². The van der Waals surface area contributed by atoms with E-state index in [9.17, 15) is 9.59 Å². The van der Waals surface area contributed by atoms with Gasteiger partial charge in [-0.15, -0.1) is 0 Å². The van der Waals surface area contributed by atoms with Crippen molar-refractivity contribution in [2.45, 2.75) is 75.8 Å². The number of hydrogen-bond donors (Lipinski definition) is 1. The Morgan fingerprint density at radius 1 is 1.13 bits per heavy atom. The number of nitrogens with one attached hydrogen (secondary N) is 1. The smallest absolute Gasteiger partial charge is 0.325 e. The Labute approximate surface area is 134 Å². The lowest BCUT2D eigenvalue weighted by Gasteiger charge is -2.28. The van der Waals surface area contributed by atoms with Crippen molar-refractivity contribution in [2.75, 3.05) is 0 Å². The highest BCUT2D eigenvalue weighted by molar-refractivity contribution is 6.06. The quantitative estimate of drug-likeness (QED) is 0.865. The third-order valence-electron chi connectivity index (χ3n) is 5.16. The van der Waals surface area contributed by atoms with Gasteiger partial charge in [0.2, 0.25) is 5.89 Å². The van der Waals surface area contributed by atoms with Crippen molar-refractivity contribution in [3.63, 3.8) is 0 Å². The Morgan fingerprint density at radius 2 is 1.83 bits per heavy atom. The molecule has 3 aliphatic rings. The summed E-state index contributed by atoms with van der Waals surface area (Å²) in [6.07, 6.45) is 9.04. The number of imide groups is 1. The van der Waals surface area contributed by atoms with Crippen LogP contribution in [0.1, 0.15) is 75.4 Å². The molecule has 2 aliphatic carbocycles. The summed E-state index contributed by atoms with van der Waals surface area (Å²) in [7, 11) is 0. The standard InChI is InChI=1S/C16H22N4O3/c21-14-16(8-4-2-1-3-5-9-16)18-15(22)20(14)10-12-17-13(23-19-12)11-6-7-11/h11H,1-10H2,(H,18,22). The van der Waals surface area contributed by atoms with Gasteiger partial charge in [0.1, 0.15) is 5.54 Å². The summed E-state index contributed by atoms with van der Waals surface area (Å²) in [5.74, 6) is 1.30. The van der Waals surface area contributed by atoms with Crippen LogP contribution in [0, 0.1) is 0 Å². The van der Waals surface area contributed by atoms with Crippen LogP contribution in [-0.2, 0) is 11.3 Å². The zero-order valence-electron chi connectivity index (χ0n) is 13.2. The Balaban J connectivity index is 1.49. The van der Waals surface area contributed by atoms with Crippen LogP contribution >= 0.6 is 0 Å². The fourth-order valence-corrected chi connectivity index (χ4v) is 3.64. The van der Waals surface area contributed by atoms with Crippen LogP contribution in [0.25, 0.3) is 0 Å². The molecule has 1 aromatic heterocycles. The highest BCUT2D eigenvalue weighted by atomic mass is 16.5. The largest absolute Gasteiger partial charge is 0.339 e. The maximum atomic E-state index is 12.9. The third kappa shape index (κ3) is 2.72. The monoisotopic (exact) mass is 318 g/mol. The van der Waals surface area contributed by atoms with E-state index in [-0.39, 0.29) is 18.5 Å². The predicted octanol–water partition coefficient (Wildman–Crippen LogP) is 2.48. The fourth-order valence-electron chi connectivity index (χ4n) is 3.64. The van der Waals surface area contributed by atoms with Gasteiger partial charge in [-0.1, -0.05) is 37.3 Å². The molecule has 0 bridgehead atoms. The Morgan fingerprint density at radius 3 is 2.52 bits per heavy atom. The first-order valence-corrected chi connectivity index (χ1v) is 8.65. The number of hydrogen-bond acceptors (Lipinski definition) is 5. The van der Waals surface area contributed by atoms with Crippen molar-refractivity contribution < 1.29 is 14.1 Å². The molecule has 2 heterocycles. The second-order valence-electron chi connectivity index (χ2n) is 6.99. The van der Waals surface area contributed by atoms with Crippen LogP contribution in [0.5, 0.6) is 0 Å². The minimum atomic E-state index is -0.708. The van der Waals surface area contributed by atoms with E-state index in [2.05, 4.69) is 15.5 Å². The first-order valence-electron chi connectivity index (χ1n) is 8.65. The maximum absolute atomic E-state index is 12.9. The molecule has 3 amide bonds. The molecule has 7 nitrogen and oxygen atoms in total.